The van der Waals surface area contributed by atoms with Crippen molar-refractivity contribution in [1.82, 2.24) is 19.9 Å². The number of rotatable bonds is 4. The number of halogens is 1. The molecule has 4 rings (SSSR count). The quantitative estimate of drug-likeness (QED) is 0.746. The highest BCUT2D eigenvalue weighted by molar-refractivity contribution is 6.30. The summed E-state index contributed by atoms with van der Waals surface area (Å²) in [5.74, 6) is 0. The second-order valence-corrected chi connectivity index (χ2v) is 7.92. The van der Waals surface area contributed by atoms with Crippen molar-refractivity contribution >= 4 is 11.6 Å². The summed E-state index contributed by atoms with van der Waals surface area (Å²) in [6.07, 6.45) is 5.16. The zero-order valence-corrected chi connectivity index (χ0v) is 16.7. The molecule has 0 saturated carbocycles. The van der Waals surface area contributed by atoms with Crippen molar-refractivity contribution in [3.8, 4) is 0 Å². The molecule has 2 aliphatic heterocycles. The van der Waals surface area contributed by atoms with E-state index in [-0.39, 0.29) is 18.4 Å². The Morgan fingerprint density at radius 1 is 1.44 bits per heavy atom. The molecule has 144 valence electrons. The molecule has 2 aromatic rings. The van der Waals surface area contributed by atoms with Crippen LogP contribution < -0.4 is 0 Å². The minimum absolute atomic E-state index is 0.0721. The van der Waals surface area contributed by atoms with Crippen molar-refractivity contribution in [3.63, 3.8) is 0 Å². The van der Waals surface area contributed by atoms with E-state index in [1.54, 1.807) is 11.8 Å². The zero-order chi connectivity index (χ0) is 19.2. The van der Waals surface area contributed by atoms with E-state index in [9.17, 15) is 0 Å². The molecular formula is C20H25ClN4O2. The van der Waals surface area contributed by atoms with Gasteiger partial charge in [0.15, 0.2) is 6.29 Å². The molecule has 0 amide bonds. The maximum absolute atomic E-state index is 6.53. The number of aryl methyl sites for hydroxylation is 1. The van der Waals surface area contributed by atoms with Crippen LogP contribution in [0.3, 0.4) is 0 Å². The number of likely N-dealkylation sites (tertiary alicyclic amines) is 1. The molecule has 0 radical (unpaired) electrons. The summed E-state index contributed by atoms with van der Waals surface area (Å²) in [7, 11) is 3.57. The molecule has 1 spiro atoms. The molecule has 7 heteroatoms. The lowest BCUT2D eigenvalue weighted by molar-refractivity contribution is -0.214. The van der Waals surface area contributed by atoms with Crippen LogP contribution in [-0.4, -0.2) is 39.6 Å². The second-order valence-electron chi connectivity index (χ2n) is 7.49. The number of ether oxygens (including phenoxy) is 2. The fourth-order valence-electron chi connectivity index (χ4n) is 4.61. The molecule has 1 fully saturated rings. The molecule has 1 aromatic heterocycles. The summed E-state index contributed by atoms with van der Waals surface area (Å²) < 4.78 is 13.9. The molecule has 3 heterocycles. The number of hydrogen-bond donors (Lipinski definition) is 0. The van der Waals surface area contributed by atoms with Crippen LogP contribution in [-0.2, 0) is 22.1 Å². The Kier molecular flexibility index (Phi) is 4.84. The Morgan fingerprint density at radius 3 is 2.93 bits per heavy atom. The van der Waals surface area contributed by atoms with Gasteiger partial charge in [0.05, 0.1) is 11.7 Å². The third-order valence-electron chi connectivity index (χ3n) is 5.72. The number of methoxy groups -OCH3 is 1. The van der Waals surface area contributed by atoms with Gasteiger partial charge in [-0.05, 0) is 31.0 Å². The fourth-order valence-corrected chi connectivity index (χ4v) is 4.79. The van der Waals surface area contributed by atoms with Gasteiger partial charge in [-0.1, -0.05) is 29.0 Å². The molecule has 0 bridgehead atoms. The van der Waals surface area contributed by atoms with E-state index in [1.807, 2.05) is 37.5 Å². The van der Waals surface area contributed by atoms with Crippen LogP contribution in [0.25, 0.3) is 0 Å². The van der Waals surface area contributed by atoms with Crippen LogP contribution in [0.1, 0.15) is 48.9 Å². The number of fused-ring (bicyclic) bond motifs is 2. The normalized spacial score (nSPS) is 30.6. The van der Waals surface area contributed by atoms with E-state index in [4.69, 9.17) is 21.1 Å². The van der Waals surface area contributed by atoms with Crippen LogP contribution in [0, 0.1) is 0 Å². The molecule has 1 aromatic carbocycles. The maximum atomic E-state index is 6.53. The van der Waals surface area contributed by atoms with Gasteiger partial charge in [-0.15, -0.1) is 11.7 Å². The average molecular weight is 389 g/mol. The Bertz CT molecular complexity index is 854. The smallest absolute Gasteiger partial charge is 0.184 e. The predicted octanol–water partition coefficient (Wildman–Crippen LogP) is 3.75. The van der Waals surface area contributed by atoms with Gasteiger partial charge in [-0.25, -0.2) is 0 Å². The second kappa shape index (κ2) is 7.02. The van der Waals surface area contributed by atoms with E-state index in [0.29, 0.717) is 5.02 Å². The molecule has 2 aliphatic rings. The Morgan fingerprint density at radius 2 is 2.26 bits per heavy atom. The largest absolute Gasteiger partial charge is 0.352 e. The first kappa shape index (κ1) is 18.6. The average Bonchev–Trinajstić information content (AvgIpc) is 3.19. The van der Waals surface area contributed by atoms with Crippen molar-refractivity contribution in [2.24, 2.45) is 7.05 Å². The molecule has 6 nitrogen and oxygen atoms in total. The number of nitrogens with zero attached hydrogens (tertiary/aromatic N) is 4. The molecule has 1 saturated heterocycles. The highest BCUT2D eigenvalue weighted by atomic mass is 35.5. The first-order chi connectivity index (χ1) is 13.0. The summed E-state index contributed by atoms with van der Waals surface area (Å²) in [5, 5.41) is 9.25. The van der Waals surface area contributed by atoms with E-state index in [1.165, 1.54) is 0 Å². The first-order valence-electron chi connectivity index (χ1n) is 9.21. The van der Waals surface area contributed by atoms with Crippen LogP contribution in [0.2, 0.25) is 5.02 Å². The number of aromatic nitrogens is 3. The molecule has 0 aliphatic carbocycles. The summed E-state index contributed by atoms with van der Waals surface area (Å²) >= 11 is 6.34. The Balaban J connectivity index is 1.79. The SMILES string of the molecule is C=CCN1[C@@H](C)CC2(C[C@H]1c1cn(C)nn1)OC(OC)c1ccc(Cl)cc12. The van der Waals surface area contributed by atoms with Gasteiger partial charge in [0.1, 0.15) is 5.60 Å². The highest BCUT2D eigenvalue weighted by Gasteiger charge is 2.52. The van der Waals surface area contributed by atoms with Gasteiger partial charge in [0.25, 0.3) is 0 Å². The van der Waals surface area contributed by atoms with Gasteiger partial charge >= 0.3 is 0 Å². The summed E-state index contributed by atoms with van der Waals surface area (Å²) in [4.78, 5) is 2.41. The van der Waals surface area contributed by atoms with Crippen molar-refractivity contribution < 1.29 is 9.47 Å². The van der Waals surface area contributed by atoms with E-state index >= 15 is 0 Å². The molecule has 27 heavy (non-hydrogen) atoms. The maximum Gasteiger partial charge on any atom is 0.184 e. The van der Waals surface area contributed by atoms with E-state index < -0.39 is 5.60 Å². The summed E-state index contributed by atoms with van der Waals surface area (Å²) in [6.45, 7) is 6.94. The molecule has 2 unspecified atom stereocenters. The van der Waals surface area contributed by atoms with Crippen molar-refractivity contribution in [3.05, 3.63) is 58.9 Å². The first-order valence-corrected chi connectivity index (χ1v) is 9.58. The highest BCUT2D eigenvalue weighted by Crippen LogP contribution is 2.55. The van der Waals surface area contributed by atoms with E-state index in [0.717, 1.165) is 36.2 Å². The lowest BCUT2D eigenvalue weighted by Gasteiger charge is -2.48. The third kappa shape index (κ3) is 3.10. The van der Waals surface area contributed by atoms with Gasteiger partial charge in [0.2, 0.25) is 0 Å². The Labute approximate surface area is 164 Å². The van der Waals surface area contributed by atoms with Gasteiger partial charge < -0.3 is 9.47 Å². The minimum atomic E-state index is -0.458. The van der Waals surface area contributed by atoms with Crippen molar-refractivity contribution in [1.29, 1.82) is 0 Å². The molecule has 0 N–H and O–H groups in total. The zero-order valence-electron chi connectivity index (χ0n) is 15.9. The van der Waals surface area contributed by atoms with Gasteiger partial charge in [-0.3, -0.25) is 9.58 Å². The van der Waals surface area contributed by atoms with Crippen molar-refractivity contribution in [2.75, 3.05) is 13.7 Å². The fraction of sp³-hybridized carbons (Fsp3) is 0.500. The number of hydrogen-bond acceptors (Lipinski definition) is 5. The summed E-state index contributed by atoms with van der Waals surface area (Å²) in [6, 6.07) is 6.28. The van der Waals surface area contributed by atoms with E-state index in [2.05, 4.69) is 28.7 Å². The van der Waals surface area contributed by atoms with Gasteiger partial charge in [0, 0.05) is 49.9 Å². The summed E-state index contributed by atoms with van der Waals surface area (Å²) in [5.41, 5.74) is 2.67. The predicted molar refractivity (Wildman–Crippen MR) is 103 cm³/mol. The Hall–Kier alpha value is -1.73. The molecule has 4 atom stereocenters. The lowest BCUT2D eigenvalue weighted by atomic mass is 9.76. The van der Waals surface area contributed by atoms with Gasteiger partial charge in [-0.2, -0.15) is 0 Å². The third-order valence-corrected chi connectivity index (χ3v) is 5.96. The lowest BCUT2D eigenvalue weighted by Crippen LogP contribution is -2.49. The standard InChI is InChI=1S/C20H25ClN4O2/c1-5-8-25-13(2)10-20(11-18(25)17-12-24(3)23-22-17)16-9-14(21)6-7-15(16)19(26-4)27-20/h5-7,9,12-13,18-19H,1,8,10-11H2,2-4H3/t13-,18-,19?,20?/m0/s1. The topological polar surface area (TPSA) is 52.4 Å². The van der Waals surface area contributed by atoms with Crippen LogP contribution >= 0.6 is 11.6 Å². The van der Waals surface area contributed by atoms with Crippen molar-refractivity contribution in [2.45, 2.75) is 43.7 Å². The monoisotopic (exact) mass is 388 g/mol. The van der Waals surface area contributed by atoms with Crippen LogP contribution in [0.4, 0.5) is 0 Å². The number of benzene rings is 1. The number of piperidine rings is 1. The molecular weight excluding hydrogens is 364 g/mol. The minimum Gasteiger partial charge on any atom is -0.352 e. The van der Waals surface area contributed by atoms with Crippen LogP contribution in [0.5, 0.6) is 0 Å². The van der Waals surface area contributed by atoms with Crippen LogP contribution in [0.15, 0.2) is 37.1 Å².